The van der Waals surface area contributed by atoms with Crippen LogP contribution < -0.4 is 10.0 Å². The number of hydrogen-bond donors (Lipinski definition) is 3. The predicted molar refractivity (Wildman–Crippen MR) is 128 cm³/mol. The Bertz CT molecular complexity index is 1310. The Morgan fingerprint density at radius 3 is 2.68 bits per heavy atom. The van der Waals surface area contributed by atoms with E-state index in [0.29, 0.717) is 23.3 Å². The van der Waals surface area contributed by atoms with E-state index in [1.165, 1.54) is 16.2 Å². The van der Waals surface area contributed by atoms with Gasteiger partial charge in [-0.2, -0.15) is 0 Å². The number of amides is 1. The lowest BCUT2D eigenvalue weighted by Gasteiger charge is -2.24. The highest BCUT2D eigenvalue weighted by molar-refractivity contribution is 7.90. The predicted octanol–water partition coefficient (Wildman–Crippen LogP) is 5.05. The molecule has 0 radical (unpaired) electrons. The molecule has 1 aliphatic heterocycles. The molecule has 0 saturated carbocycles. The number of carbonyl (C=O) groups is 1. The van der Waals surface area contributed by atoms with Gasteiger partial charge < -0.3 is 9.88 Å². The maximum atomic E-state index is 13.6. The Labute approximate surface area is 198 Å². The second-order valence-corrected chi connectivity index (χ2v) is 10.6. The van der Waals surface area contributed by atoms with Gasteiger partial charge >= 0.3 is 0 Å². The highest BCUT2D eigenvalue weighted by Gasteiger charge is 2.32. The van der Waals surface area contributed by atoms with E-state index in [0.717, 1.165) is 25.0 Å². The van der Waals surface area contributed by atoms with Crippen LogP contribution in [0, 0.1) is 22.3 Å². The number of aromatic nitrogens is 1. The number of anilines is 1. The monoisotopic (exact) mass is 486 g/mol. The molecule has 0 saturated heterocycles. The van der Waals surface area contributed by atoms with Gasteiger partial charge in [-0.15, -0.1) is 0 Å². The Hall–Kier alpha value is -3.04. The molecule has 1 unspecified atom stereocenters. The summed E-state index contributed by atoms with van der Waals surface area (Å²) in [6.45, 7) is 2.09. The van der Waals surface area contributed by atoms with Crippen molar-refractivity contribution >= 4 is 21.5 Å². The minimum absolute atomic E-state index is 0.115. The van der Waals surface area contributed by atoms with E-state index in [-0.39, 0.29) is 23.3 Å². The third-order valence-corrected chi connectivity index (χ3v) is 8.00. The van der Waals surface area contributed by atoms with E-state index in [2.05, 4.69) is 29.1 Å². The lowest BCUT2D eigenvalue weighted by Crippen LogP contribution is -2.37. The van der Waals surface area contributed by atoms with Gasteiger partial charge in [-0.05, 0) is 49.3 Å². The molecule has 1 aliphatic rings. The summed E-state index contributed by atoms with van der Waals surface area (Å²) in [4.78, 5) is 13.3. The van der Waals surface area contributed by atoms with E-state index in [1.54, 1.807) is 13.2 Å². The number of nitrogens with one attached hydrogen (secondary N) is 3. The third kappa shape index (κ3) is 5.05. The van der Waals surface area contributed by atoms with E-state index in [1.807, 2.05) is 18.2 Å². The van der Waals surface area contributed by atoms with Crippen LogP contribution in [-0.2, 0) is 29.8 Å². The zero-order chi connectivity index (χ0) is 24.5. The summed E-state index contributed by atoms with van der Waals surface area (Å²) in [5.41, 5.74) is 2.16. The summed E-state index contributed by atoms with van der Waals surface area (Å²) in [7, 11) is -1.69. The molecule has 2 aromatic carbocycles. The fourth-order valence-corrected chi connectivity index (χ4v) is 6.23. The van der Waals surface area contributed by atoms with Gasteiger partial charge in [0.1, 0.15) is 15.6 Å². The van der Waals surface area contributed by atoms with Crippen LogP contribution in [-0.4, -0.2) is 20.7 Å². The van der Waals surface area contributed by atoms with Gasteiger partial charge in [-0.3, -0.25) is 4.79 Å². The summed E-state index contributed by atoms with van der Waals surface area (Å²) < 4.78 is 53.3. The van der Waals surface area contributed by atoms with E-state index in [9.17, 15) is 17.8 Å². The van der Waals surface area contributed by atoms with Crippen LogP contribution in [0.1, 0.15) is 41.4 Å². The molecule has 9 heteroatoms. The van der Waals surface area contributed by atoms with Crippen molar-refractivity contribution in [2.75, 3.05) is 5.32 Å². The zero-order valence-electron chi connectivity index (χ0n) is 19.1. The van der Waals surface area contributed by atoms with Crippen molar-refractivity contribution in [2.24, 2.45) is 13.0 Å². The van der Waals surface area contributed by atoms with Crippen molar-refractivity contribution in [1.29, 1.82) is 4.78 Å². The lowest BCUT2D eigenvalue weighted by molar-refractivity contribution is 0.101. The molecule has 180 valence electrons. The zero-order valence-corrected chi connectivity index (χ0v) is 19.9. The van der Waals surface area contributed by atoms with Gasteiger partial charge in [0.05, 0.1) is 4.90 Å². The second-order valence-electron chi connectivity index (χ2n) is 8.84. The van der Waals surface area contributed by atoms with Crippen molar-refractivity contribution < 1.29 is 17.8 Å². The maximum Gasteiger partial charge on any atom is 0.272 e. The Kier molecular flexibility index (Phi) is 6.86. The average molecular weight is 487 g/mol. The highest BCUT2D eigenvalue weighted by atomic mass is 32.2. The molecule has 1 aromatic heterocycles. The summed E-state index contributed by atoms with van der Waals surface area (Å²) in [6, 6.07) is 13.1. The molecule has 3 N–H and O–H groups in total. The summed E-state index contributed by atoms with van der Waals surface area (Å²) >= 11 is 0. The molecule has 2 heterocycles. The third-order valence-electron chi connectivity index (χ3n) is 6.39. The normalized spacial score (nSPS) is 20.9. The number of rotatable bonds is 6. The fraction of sp³-hybridized carbons (Fsp3) is 0.320. The Morgan fingerprint density at radius 1 is 1.24 bits per heavy atom. The molecule has 0 spiro atoms. The smallest absolute Gasteiger partial charge is 0.272 e. The quantitative estimate of drug-likeness (QED) is 0.455. The van der Waals surface area contributed by atoms with Crippen LogP contribution in [0.25, 0.3) is 0 Å². The second kappa shape index (κ2) is 9.68. The minimum atomic E-state index is -3.34. The van der Waals surface area contributed by atoms with Crippen LogP contribution in [0.3, 0.4) is 0 Å². The van der Waals surface area contributed by atoms with Crippen molar-refractivity contribution in [3.63, 3.8) is 0 Å². The van der Waals surface area contributed by atoms with E-state index in [4.69, 9.17) is 4.78 Å². The molecular weight excluding hydrogens is 458 g/mol. The van der Waals surface area contributed by atoms with Gasteiger partial charge in [-0.25, -0.2) is 22.5 Å². The van der Waals surface area contributed by atoms with Crippen LogP contribution in [0.15, 0.2) is 59.6 Å². The molecule has 3 aromatic rings. The molecule has 4 rings (SSSR count). The lowest BCUT2D eigenvalue weighted by atomic mass is 9.91. The van der Waals surface area contributed by atoms with E-state index >= 15 is 0 Å². The van der Waals surface area contributed by atoms with Crippen LogP contribution in [0.4, 0.5) is 14.5 Å². The number of halogens is 2. The molecule has 6 nitrogen and oxygen atoms in total. The molecule has 34 heavy (non-hydrogen) atoms. The summed E-state index contributed by atoms with van der Waals surface area (Å²) in [6.07, 6.45) is 4.40. The SMILES string of the molecule is C[C@@H](CCc1ccccc1)[C@H]1CCc2c(cn(C)c2C(=O)Nc2ccc(F)c(F)c2)S(=N)(=O)N1. The number of hydrogen-bond acceptors (Lipinski definition) is 3. The van der Waals surface area contributed by atoms with Crippen LogP contribution >= 0.6 is 0 Å². The minimum Gasteiger partial charge on any atom is -0.345 e. The topological polar surface area (TPSA) is 87.0 Å². The first-order chi connectivity index (χ1) is 16.2. The highest BCUT2D eigenvalue weighted by Crippen LogP contribution is 2.31. The maximum absolute atomic E-state index is 13.6. The number of aryl methyl sites for hydroxylation is 2. The molecule has 0 bridgehead atoms. The summed E-state index contributed by atoms with van der Waals surface area (Å²) in [5, 5.41) is 2.58. The largest absolute Gasteiger partial charge is 0.345 e. The van der Waals surface area contributed by atoms with Crippen molar-refractivity contribution in [2.45, 2.75) is 43.5 Å². The first kappa shape index (κ1) is 24.1. The Balaban J connectivity index is 1.53. The summed E-state index contributed by atoms with van der Waals surface area (Å²) in [5.74, 6) is -2.42. The van der Waals surface area contributed by atoms with Crippen LogP contribution in [0.2, 0.25) is 0 Å². The van der Waals surface area contributed by atoms with Crippen molar-refractivity contribution in [3.8, 4) is 0 Å². The Morgan fingerprint density at radius 2 is 1.97 bits per heavy atom. The van der Waals surface area contributed by atoms with Gasteiger partial charge in [-0.1, -0.05) is 37.3 Å². The first-order valence-corrected chi connectivity index (χ1v) is 12.8. The standard InChI is InChI=1S/C25H28F2N4O2S/c1-16(8-9-17-6-4-3-5-7-17)22-13-11-19-23(34(28,33)30-22)15-31(2)24(19)25(32)29-18-10-12-20(26)21(27)14-18/h3-7,10,12,14-16,22H,8-9,11,13H2,1-2H3,(H,29,32)(H2,28,30,33)/t16-,22+,34?/m0/s1. The molecular formula is C25H28F2N4O2S. The van der Waals surface area contributed by atoms with Crippen molar-refractivity contribution in [1.82, 2.24) is 9.29 Å². The average Bonchev–Trinajstić information content (AvgIpc) is 3.09. The van der Waals surface area contributed by atoms with Crippen molar-refractivity contribution in [3.05, 3.63) is 83.2 Å². The number of carbonyl (C=O) groups excluding carboxylic acids is 1. The molecule has 3 atom stereocenters. The first-order valence-electron chi connectivity index (χ1n) is 11.2. The number of fused-ring (bicyclic) bond motifs is 1. The molecule has 0 fully saturated rings. The van der Waals surface area contributed by atoms with Gasteiger partial charge in [0.25, 0.3) is 5.91 Å². The van der Waals surface area contributed by atoms with Gasteiger partial charge in [0, 0.05) is 36.6 Å². The number of nitrogens with zero attached hydrogens (tertiary/aromatic N) is 1. The molecule has 0 aliphatic carbocycles. The van der Waals surface area contributed by atoms with Crippen LogP contribution in [0.5, 0.6) is 0 Å². The fourth-order valence-electron chi connectivity index (χ4n) is 4.47. The van der Waals surface area contributed by atoms with E-state index < -0.39 is 27.5 Å². The van der Waals surface area contributed by atoms with Gasteiger partial charge in [0.15, 0.2) is 11.6 Å². The molecule has 1 amide bonds. The van der Waals surface area contributed by atoms with Gasteiger partial charge in [0.2, 0.25) is 0 Å². The number of benzene rings is 2.